The molecule has 0 radical (unpaired) electrons. The van der Waals surface area contributed by atoms with Gasteiger partial charge < -0.3 is 14.7 Å². The topological polar surface area (TPSA) is 49.8 Å². The maximum atomic E-state index is 12.1. The molecule has 1 saturated heterocycles. The Bertz CT molecular complexity index is 493. The molecule has 0 aliphatic carbocycles. The summed E-state index contributed by atoms with van der Waals surface area (Å²) in [5.74, 6) is 1.06. The van der Waals surface area contributed by atoms with Gasteiger partial charge in [-0.25, -0.2) is 0 Å². The van der Waals surface area contributed by atoms with Gasteiger partial charge in [-0.05, 0) is 24.0 Å². The number of β-amino-alcohol motifs (C(OH)–C–C–N with tert-alkyl or cyclic N) is 1. The number of ether oxygens (including phenoxy) is 1. The molecular formula is C17H25NO3. The van der Waals surface area contributed by atoms with Crippen LogP contribution in [0.3, 0.4) is 0 Å². The van der Waals surface area contributed by atoms with Crippen molar-refractivity contribution in [2.75, 3.05) is 19.7 Å². The van der Waals surface area contributed by atoms with Crippen LogP contribution in [-0.4, -0.2) is 41.2 Å². The number of carbonyl (C=O) groups excluding carboxylic acids is 1. The van der Waals surface area contributed by atoms with E-state index in [4.69, 9.17) is 4.74 Å². The monoisotopic (exact) mass is 291 g/mol. The van der Waals surface area contributed by atoms with E-state index in [1.54, 1.807) is 4.90 Å². The summed E-state index contributed by atoms with van der Waals surface area (Å²) < 4.78 is 5.67. The Morgan fingerprint density at radius 2 is 2.05 bits per heavy atom. The lowest BCUT2D eigenvalue weighted by Gasteiger charge is -2.46. The molecular weight excluding hydrogens is 266 g/mol. The fourth-order valence-corrected chi connectivity index (χ4v) is 2.78. The maximum absolute atomic E-state index is 12.1. The molecule has 1 N–H and O–H groups in total. The lowest BCUT2D eigenvalue weighted by atomic mass is 9.89. The van der Waals surface area contributed by atoms with Crippen LogP contribution < -0.4 is 4.74 Å². The first kappa shape index (κ1) is 15.8. The van der Waals surface area contributed by atoms with Crippen LogP contribution in [0, 0.1) is 0 Å². The first-order valence-corrected chi connectivity index (χ1v) is 7.67. The van der Waals surface area contributed by atoms with Crippen LogP contribution in [0.4, 0.5) is 0 Å². The normalized spacial score (nSPS) is 16.7. The second-order valence-corrected chi connectivity index (χ2v) is 6.21. The number of amides is 1. The second kappa shape index (κ2) is 6.48. The number of para-hydroxylation sites is 1. The molecule has 1 fully saturated rings. The Kier molecular flexibility index (Phi) is 4.88. The lowest BCUT2D eigenvalue weighted by Crippen LogP contribution is -2.64. The zero-order valence-electron chi connectivity index (χ0n) is 13.1. The van der Waals surface area contributed by atoms with E-state index >= 15 is 0 Å². The van der Waals surface area contributed by atoms with Crippen molar-refractivity contribution in [2.45, 2.75) is 45.1 Å². The van der Waals surface area contributed by atoms with Gasteiger partial charge in [-0.2, -0.15) is 0 Å². The minimum Gasteiger partial charge on any atom is -0.483 e. The molecule has 4 heteroatoms. The van der Waals surface area contributed by atoms with Crippen molar-refractivity contribution in [3.8, 4) is 5.75 Å². The van der Waals surface area contributed by atoms with E-state index < -0.39 is 5.60 Å². The number of nitrogens with zero attached hydrogens (tertiary/aromatic N) is 1. The predicted molar refractivity (Wildman–Crippen MR) is 82.5 cm³/mol. The number of hydrogen-bond donors (Lipinski definition) is 1. The average Bonchev–Trinajstić information content (AvgIpc) is 2.42. The molecule has 1 aliphatic heterocycles. The summed E-state index contributed by atoms with van der Waals surface area (Å²) in [4.78, 5) is 13.7. The Labute approximate surface area is 126 Å². The predicted octanol–water partition coefficient (Wildman–Crippen LogP) is 2.56. The summed E-state index contributed by atoms with van der Waals surface area (Å²) in [6, 6.07) is 7.81. The number of likely N-dealkylation sites (tertiary alicyclic amines) is 1. The first-order chi connectivity index (χ1) is 9.95. The Balaban J connectivity index is 1.86. The Morgan fingerprint density at radius 1 is 1.38 bits per heavy atom. The molecule has 0 bridgehead atoms. The fourth-order valence-electron chi connectivity index (χ4n) is 2.78. The van der Waals surface area contributed by atoms with E-state index in [0.717, 1.165) is 24.2 Å². The van der Waals surface area contributed by atoms with Crippen molar-refractivity contribution in [3.63, 3.8) is 0 Å². The Hall–Kier alpha value is -1.55. The molecule has 4 nitrogen and oxygen atoms in total. The standard InChI is InChI=1S/C17H25NO3/c1-4-9-17(20)11-18(12-17)16(19)10-21-15-8-6-5-7-14(15)13(2)3/h5-8,13,20H,4,9-12H2,1-3H3. The van der Waals surface area contributed by atoms with Crippen molar-refractivity contribution < 1.29 is 14.6 Å². The number of hydrogen-bond acceptors (Lipinski definition) is 3. The van der Waals surface area contributed by atoms with E-state index in [2.05, 4.69) is 13.8 Å². The summed E-state index contributed by atoms with van der Waals surface area (Å²) in [7, 11) is 0. The van der Waals surface area contributed by atoms with Crippen LogP contribution in [0.15, 0.2) is 24.3 Å². The summed E-state index contributed by atoms with van der Waals surface area (Å²) in [6.45, 7) is 7.12. The SMILES string of the molecule is CCCC1(O)CN(C(=O)COc2ccccc2C(C)C)C1. The largest absolute Gasteiger partial charge is 0.483 e. The zero-order chi connectivity index (χ0) is 15.5. The lowest BCUT2D eigenvalue weighted by molar-refractivity contribution is -0.158. The maximum Gasteiger partial charge on any atom is 0.260 e. The van der Waals surface area contributed by atoms with Crippen LogP contribution in [0.2, 0.25) is 0 Å². The number of rotatable bonds is 6. The highest BCUT2D eigenvalue weighted by atomic mass is 16.5. The molecule has 0 unspecified atom stereocenters. The van der Waals surface area contributed by atoms with E-state index in [0.29, 0.717) is 19.0 Å². The van der Waals surface area contributed by atoms with Crippen LogP contribution in [-0.2, 0) is 4.79 Å². The highest BCUT2D eigenvalue weighted by molar-refractivity contribution is 5.79. The number of benzene rings is 1. The fraction of sp³-hybridized carbons (Fsp3) is 0.588. The van der Waals surface area contributed by atoms with Gasteiger partial charge in [-0.1, -0.05) is 45.4 Å². The minimum absolute atomic E-state index is 0.0337. The molecule has 1 aromatic carbocycles. The third-order valence-corrected chi connectivity index (χ3v) is 3.93. The van der Waals surface area contributed by atoms with Gasteiger partial charge in [0.1, 0.15) is 5.75 Å². The smallest absolute Gasteiger partial charge is 0.260 e. The second-order valence-electron chi connectivity index (χ2n) is 6.21. The van der Waals surface area contributed by atoms with Gasteiger partial charge in [0.2, 0.25) is 0 Å². The third kappa shape index (κ3) is 3.76. The molecule has 1 heterocycles. The molecule has 1 aliphatic rings. The highest BCUT2D eigenvalue weighted by Gasteiger charge is 2.42. The van der Waals surface area contributed by atoms with Gasteiger partial charge in [0.25, 0.3) is 5.91 Å². The molecule has 0 spiro atoms. The summed E-state index contributed by atoms with van der Waals surface area (Å²) >= 11 is 0. The third-order valence-electron chi connectivity index (χ3n) is 3.93. The van der Waals surface area contributed by atoms with Gasteiger partial charge in [0.05, 0.1) is 18.7 Å². The van der Waals surface area contributed by atoms with Gasteiger partial charge in [-0.3, -0.25) is 4.79 Å². The number of carbonyl (C=O) groups is 1. The van der Waals surface area contributed by atoms with Crippen molar-refractivity contribution in [2.24, 2.45) is 0 Å². The molecule has 1 amide bonds. The van der Waals surface area contributed by atoms with Crippen LogP contribution in [0.25, 0.3) is 0 Å². The van der Waals surface area contributed by atoms with Crippen molar-refractivity contribution >= 4 is 5.91 Å². The first-order valence-electron chi connectivity index (χ1n) is 7.67. The van der Waals surface area contributed by atoms with Crippen molar-refractivity contribution in [1.82, 2.24) is 4.90 Å². The highest BCUT2D eigenvalue weighted by Crippen LogP contribution is 2.27. The number of aliphatic hydroxyl groups is 1. The van der Waals surface area contributed by atoms with E-state index in [-0.39, 0.29) is 12.5 Å². The molecule has 0 saturated carbocycles. The molecule has 2 rings (SSSR count). The van der Waals surface area contributed by atoms with Crippen LogP contribution in [0.1, 0.15) is 45.1 Å². The molecule has 0 aromatic heterocycles. The molecule has 0 atom stereocenters. The van der Waals surface area contributed by atoms with Gasteiger partial charge >= 0.3 is 0 Å². The van der Waals surface area contributed by atoms with E-state index in [1.807, 2.05) is 31.2 Å². The van der Waals surface area contributed by atoms with Crippen molar-refractivity contribution in [1.29, 1.82) is 0 Å². The van der Waals surface area contributed by atoms with Crippen LogP contribution in [0.5, 0.6) is 5.75 Å². The van der Waals surface area contributed by atoms with Crippen molar-refractivity contribution in [3.05, 3.63) is 29.8 Å². The van der Waals surface area contributed by atoms with Gasteiger partial charge in [0.15, 0.2) is 6.61 Å². The minimum atomic E-state index is -0.680. The van der Waals surface area contributed by atoms with Crippen LogP contribution >= 0.6 is 0 Å². The summed E-state index contributed by atoms with van der Waals surface area (Å²) in [6.07, 6.45) is 1.67. The Morgan fingerprint density at radius 3 is 2.67 bits per heavy atom. The molecule has 21 heavy (non-hydrogen) atoms. The quantitative estimate of drug-likeness (QED) is 0.876. The van der Waals surface area contributed by atoms with E-state index in [9.17, 15) is 9.90 Å². The van der Waals surface area contributed by atoms with E-state index in [1.165, 1.54) is 0 Å². The van der Waals surface area contributed by atoms with Gasteiger partial charge in [-0.15, -0.1) is 0 Å². The summed E-state index contributed by atoms with van der Waals surface area (Å²) in [5.41, 5.74) is 0.427. The average molecular weight is 291 g/mol. The van der Waals surface area contributed by atoms with Gasteiger partial charge in [0, 0.05) is 0 Å². The zero-order valence-corrected chi connectivity index (χ0v) is 13.1. The molecule has 116 valence electrons. The summed E-state index contributed by atoms with van der Waals surface area (Å²) in [5, 5.41) is 10.1. The molecule has 1 aromatic rings.